The highest BCUT2D eigenvalue weighted by atomic mass is 19.4. The molecular formula is C12H14F4N2O2. The molecular weight excluding hydrogens is 280 g/mol. The van der Waals surface area contributed by atoms with Crippen LogP contribution in [0.1, 0.15) is 26.2 Å². The molecule has 1 aromatic rings. The SMILES string of the molecule is CC(CCCC(F)(F)F)Nc1ccc([N+](=O)[O-])cc1F. The summed E-state index contributed by atoms with van der Waals surface area (Å²) in [7, 11) is 0. The molecule has 8 heteroatoms. The number of rotatable bonds is 6. The first-order chi connectivity index (χ1) is 9.19. The van der Waals surface area contributed by atoms with Gasteiger partial charge in [-0.2, -0.15) is 13.2 Å². The van der Waals surface area contributed by atoms with Gasteiger partial charge in [0, 0.05) is 18.5 Å². The monoisotopic (exact) mass is 294 g/mol. The average Bonchev–Trinajstić information content (AvgIpc) is 2.29. The summed E-state index contributed by atoms with van der Waals surface area (Å²) >= 11 is 0. The number of benzene rings is 1. The number of nitrogens with one attached hydrogen (secondary N) is 1. The van der Waals surface area contributed by atoms with E-state index in [4.69, 9.17) is 0 Å². The summed E-state index contributed by atoms with van der Waals surface area (Å²) in [5.74, 6) is -0.804. The van der Waals surface area contributed by atoms with Crippen LogP contribution < -0.4 is 5.32 Å². The maximum absolute atomic E-state index is 13.5. The largest absolute Gasteiger partial charge is 0.389 e. The molecule has 0 saturated heterocycles. The number of anilines is 1. The third kappa shape index (κ3) is 5.41. The molecule has 20 heavy (non-hydrogen) atoms. The van der Waals surface area contributed by atoms with Crippen LogP contribution in [0.2, 0.25) is 0 Å². The first-order valence-electron chi connectivity index (χ1n) is 5.96. The lowest BCUT2D eigenvalue weighted by atomic mass is 10.1. The number of hydrogen-bond acceptors (Lipinski definition) is 3. The van der Waals surface area contributed by atoms with Gasteiger partial charge < -0.3 is 5.32 Å². The summed E-state index contributed by atoms with van der Waals surface area (Å²) in [6.45, 7) is 1.62. The molecule has 0 aliphatic carbocycles. The second-order valence-corrected chi connectivity index (χ2v) is 4.47. The minimum Gasteiger partial charge on any atom is -0.380 e. The van der Waals surface area contributed by atoms with Gasteiger partial charge in [0.05, 0.1) is 16.7 Å². The minimum atomic E-state index is -4.20. The third-order valence-corrected chi connectivity index (χ3v) is 2.66. The lowest BCUT2D eigenvalue weighted by Gasteiger charge is -2.16. The van der Waals surface area contributed by atoms with Crippen LogP contribution in [0.25, 0.3) is 0 Å². The number of nitro groups is 1. The van der Waals surface area contributed by atoms with E-state index in [0.717, 1.165) is 12.1 Å². The highest BCUT2D eigenvalue weighted by Gasteiger charge is 2.26. The van der Waals surface area contributed by atoms with Crippen molar-refractivity contribution in [3.63, 3.8) is 0 Å². The molecule has 0 amide bonds. The molecule has 0 aliphatic heterocycles. The van der Waals surface area contributed by atoms with E-state index in [1.165, 1.54) is 6.07 Å². The van der Waals surface area contributed by atoms with Crippen molar-refractivity contribution in [3.8, 4) is 0 Å². The van der Waals surface area contributed by atoms with Crippen LogP contribution in [0.15, 0.2) is 18.2 Å². The molecule has 0 saturated carbocycles. The second-order valence-electron chi connectivity index (χ2n) is 4.47. The standard InChI is InChI=1S/C12H14F4N2O2/c1-8(3-2-6-12(14,15)16)17-11-5-4-9(18(19)20)7-10(11)13/h4-5,7-8,17H,2-3,6H2,1H3. The Morgan fingerprint density at radius 1 is 1.40 bits per heavy atom. The molecule has 0 aliphatic rings. The van der Waals surface area contributed by atoms with Gasteiger partial charge in [-0.25, -0.2) is 4.39 Å². The number of halogens is 4. The van der Waals surface area contributed by atoms with Gasteiger partial charge in [0.1, 0.15) is 0 Å². The Labute approximate surface area is 112 Å². The maximum Gasteiger partial charge on any atom is 0.389 e. The van der Waals surface area contributed by atoms with E-state index >= 15 is 0 Å². The predicted molar refractivity (Wildman–Crippen MR) is 66.0 cm³/mol. The van der Waals surface area contributed by atoms with Crippen molar-refractivity contribution in [1.29, 1.82) is 0 Å². The fourth-order valence-corrected chi connectivity index (χ4v) is 1.68. The van der Waals surface area contributed by atoms with E-state index in [1.807, 2.05) is 0 Å². The number of non-ortho nitro benzene ring substituents is 1. The summed E-state index contributed by atoms with van der Waals surface area (Å²) in [5, 5.41) is 13.1. The van der Waals surface area contributed by atoms with Crippen molar-refractivity contribution in [2.24, 2.45) is 0 Å². The second kappa shape index (κ2) is 6.53. The highest BCUT2D eigenvalue weighted by molar-refractivity contribution is 5.50. The first kappa shape index (κ1) is 16.2. The zero-order valence-electron chi connectivity index (χ0n) is 10.7. The Balaban J connectivity index is 2.54. The van der Waals surface area contributed by atoms with Crippen molar-refractivity contribution in [2.45, 2.75) is 38.4 Å². The molecule has 1 N–H and O–H groups in total. The Hall–Kier alpha value is -1.86. The van der Waals surface area contributed by atoms with Gasteiger partial charge in [-0.3, -0.25) is 10.1 Å². The minimum absolute atomic E-state index is 0.0371. The summed E-state index contributed by atoms with van der Waals surface area (Å²) in [5.41, 5.74) is -0.340. The Morgan fingerprint density at radius 3 is 2.55 bits per heavy atom. The van der Waals surface area contributed by atoms with Crippen LogP contribution >= 0.6 is 0 Å². The van der Waals surface area contributed by atoms with E-state index in [1.54, 1.807) is 6.92 Å². The highest BCUT2D eigenvalue weighted by Crippen LogP contribution is 2.24. The van der Waals surface area contributed by atoms with E-state index in [0.29, 0.717) is 0 Å². The molecule has 0 heterocycles. The van der Waals surface area contributed by atoms with Crippen LogP contribution in [0.4, 0.5) is 28.9 Å². The van der Waals surface area contributed by atoms with Gasteiger partial charge in [-0.1, -0.05) is 0 Å². The number of alkyl halides is 3. The summed E-state index contributed by atoms with van der Waals surface area (Å²) in [4.78, 5) is 9.71. The predicted octanol–water partition coefficient (Wildman–Crippen LogP) is 4.27. The average molecular weight is 294 g/mol. The number of nitro benzene ring substituents is 1. The molecule has 1 unspecified atom stereocenters. The zero-order valence-corrected chi connectivity index (χ0v) is 10.7. The molecule has 1 rings (SSSR count). The van der Waals surface area contributed by atoms with Crippen molar-refractivity contribution >= 4 is 11.4 Å². The lowest BCUT2D eigenvalue weighted by molar-refractivity contribution is -0.385. The Kier molecular flexibility index (Phi) is 5.29. The van der Waals surface area contributed by atoms with Crippen LogP contribution in [0.5, 0.6) is 0 Å². The fourth-order valence-electron chi connectivity index (χ4n) is 1.68. The number of hydrogen-bond donors (Lipinski definition) is 1. The van der Waals surface area contributed by atoms with Gasteiger partial charge in [-0.05, 0) is 25.8 Å². The van der Waals surface area contributed by atoms with Crippen molar-refractivity contribution < 1.29 is 22.5 Å². The third-order valence-electron chi connectivity index (χ3n) is 2.66. The van der Waals surface area contributed by atoms with E-state index in [2.05, 4.69) is 5.32 Å². The van der Waals surface area contributed by atoms with Crippen LogP contribution in [0, 0.1) is 15.9 Å². The van der Waals surface area contributed by atoms with Gasteiger partial charge >= 0.3 is 6.18 Å². The van der Waals surface area contributed by atoms with Gasteiger partial charge in [0.2, 0.25) is 0 Å². The molecule has 1 aromatic carbocycles. The van der Waals surface area contributed by atoms with E-state index in [-0.39, 0.29) is 30.3 Å². The molecule has 112 valence electrons. The molecule has 0 aromatic heterocycles. The van der Waals surface area contributed by atoms with E-state index < -0.39 is 23.3 Å². The first-order valence-corrected chi connectivity index (χ1v) is 5.96. The lowest BCUT2D eigenvalue weighted by Crippen LogP contribution is -2.17. The fraction of sp³-hybridized carbons (Fsp3) is 0.500. The maximum atomic E-state index is 13.5. The smallest absolute Gasteiger partial charge is 0.380 e. The van der Waals surface area contributed by atoms with Crippen LogP contribution in [-0.2, 0) is 0 Å². The zero-order chi connectivity index (χ0) is 15.3. The van der Waals surface area contributed by atoms with E-state index in [9.17, 15) is 27.7 Å². The molecule has 0 radical (unpaired) electrons. The molecule has 4 nitrogen and oxygen atoms in total. The Bertz CT molecular complexity index is 477. The number of nitrogens with zero attached hydrogens (tertiary/aromatic N) is 1. The molecule has 0 fully saturated rings. The van der Waals surface area contributed by atoms with Crippen molar-refractivity contribution in [3.05, 3.63) is 34.1 Å². The van der Waals surface area contributed by atoms with Gasteiger partial charge in [0.25, 0.3) is 5.69 Å². The quantitative estimate of drug-likeness (QED) is 0.484. The topological polar surface area (TPSA) is 55.2 Å². The molecule has 0 spiro atoms. The summed E-state index contributed by atoms with van der Waals surface area (Å²) < 4.78 is 49.5. The van der Waals surface area contributed by atoms with Crippen LogP contribution in [-0.4, -0.2) is 17.1 Å². The Morgan fingerprint density at radius 2 is 2.05 bits per heavy atom. The summed E-state index contributed by atoms with van der Waals surface area (Å²) in [6, 6.07) is 2.74. The molecule has 1 atom stereocenters. The molecule has 0 bridgehead atoms. The van der Waals surface area contributed by atoms with Gasteiger partial charge in [0.15, 0.2) is 5.82 Å². The van der Waals surface area contributed by atoms with Crippen molar-refractivity contribution in [2.75, 3.05) is 5.32 Å². The summed E-state index contributed by atoms with van der Waals surface area (Å²) in [6.07, 6.45) is -4.93. The van der Waals surface area contributed by atoms with Crippen molar-refractivity contribution in [1.82, 2.24) is 0 Å². The normalized spacial score (nSPS) is 13.1. The van der Waals surface area contributed by atoms with Crippen LogP contribution in [0.3, 0.4) is 0 Å². The van der Waals surface area contributed by atoms with Gasteiger partial charge in [-0.15, -0.1) is 0 Å².